The fourth-order valence-electron chi connectivity index (χ4n) is 3.00. The molecule has 0 unspecified atom stereocenters. The zero-order valence-electron chi connectivity index (χ0n) is 15.6. The van der Waals surface area contributed by atoms with Crippen molar-refractivity contribution in [3.63, 3.8) is 0 Å². The molecule has 2 N–H and O–H groups in total. The summed E-state index contributed by atoms with van der Waals surface area (Å²) in [6, 6.07) is 13.7. The van der Waals surface area contributed by atoms with Gasteiger partial charge in [0.2, 0.25) is 15.9 Å². The van der Waals surface area contributed by atoms with Gasteiger partial charge in [-0.05, 0) is 63.1 Å². The Balaban J connectivity index is 1.61. The van der Waals surface area contributed by atoms with Gasteiger partial charge in [-0.25, -0.2) is 8.42 Å². The Labute approximate surface area is 160 Å². The summed E-state index contributed by atoms with van der Waals surface area (Å²) in [5, 5.41) is 5.96. The first-order valence-corrected chi connectivity index (χ1v) is 10.5. The molecule has 0 bridgehead atoms. The summed E-state index contributed by atoms with van der Waals surface area (Å²) in [5.74, 6) is -0.189. The van der Waals surface area contributed by atoms with Gasteiger partial charge in [0.05, 0.1) is 4.90 Å². The van der Waals surface area contributed by atoms with E-state index >= 15 is 0 Å². The molecule has 7 heteroatoms. The van der Waals surface area contributed by atoms with Crippen LogP contribution in [-0.2, 0) is 14.8 Å². The van der Waals surface area contributed by atoms with Crippen LogP contribution in [0.15, 0.2) is 53.4 Å². The Morgan fingerprint density at radius 3 is 2.11 bits per heavy atom. The molecule has 144 valence electrons. The van der Waals surface area contributed by atoms with Gasteiger partial charge in [0, 0.05) is 24.5 Å². The predicted octanol–water partition coefficient (Wildman–Crippen LogP) is 3.22. The Hall–Kier alpha value is -2.38. The van der Waals surface area contributed by atoms with Gasteiger partial charge in [0.15, 0.2) is 0 Å². The first-order valence-electron chi connectivity index (χ1n) is 9.10. The lowest BCUT2D eigenvalue weighted by Gasteiger charge is -2.17. The zero-order valence-corrected chi connectivity index (χ0v) is 16.4. The number of hydrogen-bond acceptors (Lipinski definition) is 4. The van der Waals surface area contributed by atoms with E-state index in [-0.39, 0.29) is 10.8 Å². The molecule has 1 fully saturated rings. The molecule has 3 rings (SSSR count). The standard InChI is InChI=1S/C20H25N3O3S/c1-15-5-7-17(8-6-15)21-16(2)20(24)22-18-9-11-19(12-10-18)27(25,26)23-13-3-4-14-23/h5-12,16,21H,3-4,13-14H2,1-2H3,(H,22,24)/t16-/m1/s1. The number of sulfonamides is 1. The number of nitrogens with one attached hydrogen (secondary N) is 2. The molecule has 1 aliphatic rings. The van der Waals surface area contributed by atoms with Gasteiger partial charge >= 0.3 is 0 Å². The van der Waals surface area contributed by atoms with Gasteiger partial charge in [-0.3, -0.25) is 4.79 Å². The van der Waals surface area contributed by atoms with Crippen molar-refractivity contribution in [3.8, 4) is 0 Å². The lowest BCUT2D eigenvalue weighted by atomic mass is 10.2. The molecule has 6 nitrogen and oxygen atoms in total. The van der Waals surface area contributed by atoms with E-state index in [2.05, 4.69) is 10.6 Å². The van der Waals surface area contributed by atoms with Crippen LogP contribution in [0.4, 0.5) is 11.4 Å². The minimum absolute atomic E-state index is 0.189. The largest absolute Gasteiger partial charge is 0.374 e. The number of aryl methyl sites for hydroxylation is 1. The van der Waals surface area contributed by atoms with Crippen LogP contribution in [0.1, 0.15) is 25.3 Å². The second kappa shape index (κ2) is 8.10. The minimum Gasteiger partial charge on any atom is -0.374 e. The van der Waals surface area contributed by atoms with Crippen LogP contribution in [0.2, 0.25) is 0 Å². The lowest BCUT2D eigenvalue weighted by Crippen LogP contribution is -2.32. The van der Waals surface area contributed by atoms with Gasteiger partial charge in [0.1, 0.15) is 6.04 Å². The molecule has 1 heterocycles. The fourth-order valence-corrected chi connectivity index (χ4v) is 4.52. The highest BCUT2D eigenvalue weighted by Gasteiger charge is 2.27. The van der Waals surface area contributed by atoms with Crippen LogP contribution >= 0.6 is 0 Å². The van der Waals surface area contributed by atoms with Crippen molar-refractivity contribution in [2.45, 2.75) is 37.6 Å². The quantitative estimate of drug-likeness (QED) is 0.798. The van der Waals surface area contributed by atoms with Crippen LogP contribution in [0.5, 0.6) is 0 Å². The second-order valence-electron chi connectivity index (χ2n) is 6.86. The summed E-state index contributed by atoms with van der Waals surface area (Å²) in [7, 11) is -3.44. The highest BCUT2D eigenvalue weighted by molar-refractivity contribution is 7.89. The van der Waals surface area contributed by atoms with E-state index in [9.17, 15) is 13.2 Å². The van der Waals surface area contributed by atoms with Crippen molar-refractivity contribution in [3.05, 3.63) is 54.1 Å². The summed E-state index contributed by atoms with van der Waals surface area (Å²) >= 11 is 0. The first-order chi connectivity index (χ1) is 12.9. The molecule has 1 amide bonds. The molecule has 0 aromatic heterocycles. The Morgan fingerprint density at radius 1 is 0.963 bits per heavy atom. The molecule has 0 radical (unpaired) electrons. The third-order valence-electron chi connectivity index (χ3n) is 4.65. The van der Waals surface area contributed by atoms with Gasteiger partial charge in [-0.15, -0.1) is 0 Å². The monoisotopic (exact) mass is 387 g/mol. The maximum absolute atomic E-state index is 12.5. The fraction of sp³-hybridized carbons (Fsp3) is 0.350. The van der Waals surface area contributed by atoms with Crippen molar-refractivity contribution >= 4 is 27.3 Å². The zero-order chi connectivity index (χ0) is 19.4. The van der Waals surface area contributed by atoms with Crippen LogP contribution in [0.25, 0.3) is 0 Å². The molecule has 27 heavy (non-hydrogen) atoms. The Morgan fingerprint density at radius 2 is 1.52 bits per heavy atom. The average Bonchev–Trinajstić information content (AvgIpc) is 3.19. The summed E-state index contributed by atoms with van der Waals surface area (Å²) in [4.78, 5) is 12.6. The van der Waals surface area contributed by atoms with Crippen LogP contribution in [-0.4, -0.2) is 37.8 Å². The number of rotatable bonds is 6. The topological polar surface area (TPSA) is 78.5 Å². The average molecular weight is 388 g/mol. The minimum atomic E-state index is -3.44. The van der Waals surface area contributed by atoms with Crippen LogP contribution < -0.4 is 10.6 Å². The van der Waals surface area contributed by atoms with Gasteiger partial charge in [0.25, 0.3) is 0 Å². The lowest BCUT2D eigenvalue weighted by molar-refractivity contribution is -0.116. The number of benzene rings is 2. The van der Waals surface area contributed by atoms with Crippen molar-refractivity contribution in [1.29, 1.82) is 0 Å². The number of carbonyl (C=O) groups is 1. The third-order valence-corrected chi connectivity index (χ3v) is 6.57. The maximum atomic E-state index is 12.5. The highest BCUT2D eigenvalue weighted by Crippen LogP contribution is 2.22. The van der Waals surface area contributed by atoms with E-state index in [1.54, 1.807) is 31.2 Å². The molecule has 2 aromatic rings. The summed E-state index contributed by atoms with van der Waals surface area (Å²) in [6.45, 7) is 4.93. The Bertz CT molecular complexity index is 887. The van der Waals surface area contributed by atoms with E-state index in [1.165, 1.54) is 4.31 Å². The van der Waals surface area contributed by atoms with E-state index in [4.69, 9.17) is 0 Å². The molecule has 0 aliphatic carbocycles. The highest BCUT2D eigenvalue weighted by atomic mass is 32.2. The van der Waals surface area contributed by atoms with Crippen molar-refractivity contribution in [1.82, 2.24) is 4.31 Å². The van der Waals surface area contributed by atoms with Gasteiger partial charge in [-0.2, -0.15) is 4.31 Å². The number of nitrogens with zero attached hydrogens (tertiary/aromatic N) is 1. The normalized spacial score (nSPS) is 16.1. The molecule has 1 saturated heterocycles. The summed E-state index contributed by atoms with van der Waals surface area (Å²) in [5.41, 5.74) is 2.59. The molecule has 2 aromatic carbocycles. The molecule has 1 aliphatic heterocycles. The molecular formula is C20H25N3O3S. The number of hydrogen-bond donors (Lipinski definition) is 2. The summed E-state index contributed by atoms with van der Waals surface area (Å²) < 4.78 is 26.6. The van der Waals surface area contributed by atoms with Crippen LogP contribution in [0.3, 0.4) is 0 Å². The number of carbonyl (C=O) groups excluding carboxylic acids is 1. The van der Waals surface area contributed by atoms with Crippen molar-refractivity contribution < 1.29 is 13.2 Å². The van der Waals surface area contributed by atoms with Gasteiger partial charge < -0.3 is 10.6 Å². The third kappa shape index (κ3) is 4.67. The molecule has 0 spiro atoms. The predicted molar refractivity (Wildman–Crippen MR) is 107 cm³/mol. The van der Waals surface area contributed by atoms with E-state index < -0.39 is 16.1 Å². The molecular weight excluding hydrogens is 362 g/mol. The maximum Gasteiger partial charge on any atom is 0.246 e. The number of anilines is 2. The van der Waals surface area contributed by atoms with Gasteiger partial charge in [-0.1, -0.05) is 17.7 Å². The number of amides is 1. The molecule has 1 atom stereocenters. The molecule has 0 saturated carbocycles. The van der Waals surface area contributed by atoms with E-state index in [1.807, 2.05) is 31.2 Å². The van der Waals surface area contributed by atoms with Crippen molar-refractivity contribution in [2.24, 2.45) is 0 Å². The van der Waals surface area contributed by atoms with E-state index in [0.29, 0.717) is 18.8 Å². The second-order valence-corrected chi connectivity index (χ2v) is 8.79. The van der Waals surface area contributed by atoms with E-state index in [0.717, 1.165) is 24.1 Å². The first kappa shape index (κ1) is 19.4. The van der Waals surface area contributed by atoms with Crippen LogP contribution in [0, 0.1) is 6.92 Å². The smallest absolute Gasteiger partial charge is 0.246 e. The SMILES string of the molecule is Cc1ccc(N[C@H](C)C(=O)Nc2ccc(S(=O)(=O)N3CCCC3)cc2)cc1. The summed E-state index contributed by atoms with van der Waals surface area (Å²) in [6.07, 6.45) is 1.80. The van der Waals surface area contributed by atoms with Crippen molar-refractivity contribution in [2.75, 3.05) is 23.7 Å². The Kier molecular flexibility index (Phi) is 5.82.